The van der Waals surface area contributed by atoms with Crippen molar-refractivity contribution in [1.82, 2.24) is 0 Å². The van der Waals surface area contributed by atoms with Crippen LogP contribution in [0.15, 0.2) is 23.1 Å². The van der Waals surface area contributed by atoms with Gasteiger partial charge in [0, 0.05) is 17.1 Å². The van der Waals surface area contributed by atoms with Crippen molar-refractivity contribution in [2.24, 2.45) is 0 Å². The summed E-state index contributed by atoms with van der Waals surface area (Å²) in [6, 6.07) is 3.31. The van der Waals surface area contributed by atoms with Crippen LogP contribution < -0.4 is 4.74 Å². The Labute approximate surface area is 125 Å². The standard InChI is InChI=1S/C12H13ClO7S/c13-21(18,19)10-7-8(12(16)17)4-5-9(10)20-6-2-1-3-11(14)15/h4-5,7H,1-3,6H2,(H,14,15)(H,16,17). The first-order valence-corrected chi connectivity index (χ1v) is 8.19. The Hall–Kier alpha value is -1.80. The molecule has 0 spiro atoms. The minimum Gasteiger partial charge on any atom is -0.492 e. The van der Waals surface area contributed by atoms with Gasteiger partial charge in [0.15, 0.2) is 0 Å². The van der Waals surface area contributed by atoms with Crippen molar-refractivity contribution in [2.45, 2.75) is 24.2 Å². The van der Waals surface area contributed by atoms with Crippen LogP contribution in [0.4, 0.5) is 0 Å². The second kappa shape index (κ2) is 7.28. The number of hydrogen-bond donors (Lipinski definition) is 2. The van der Waals surface area contributed by atoms with Crippen LogP contribution in [0.2, 0.25) is 0 Å². The third kappa shape index (κ3) is 5.60. The lowest BCUT2D eigenvalue weighted by molar-refractivity contribution is -0.137. The number of carbonyl (C=O) groups is 2. The third-order valence-electron chi connectivity index (χ3n) is 2.50. The van der Waals surface area contributed by atoms with Crippen molar-refractivity contribution in [3.05, 3.63) is 23.8 Å². The molecule has 0 radical (unpaired) electrons. The zero-order chi connectivity index (χ0) is 16.0. The van der Waals surface area contributed by atoms with Crippen LogP contribution in [0.1, 0.15) is 29.6 Å². The van der Waals surface area contributed by atoms with Gasteiger partial charge in [-0.2, -0.15) is 0 Å². The molecule has 116 valence electrons. The Balaban J connectivity index is 2.82. The van der Waals surface area contributed by atoms with Crippen LogP contribution in [-0.2, 0) is 13.8 Å². The normalized spacial score (nSPS) is 11.1. The van der Waals surface area contributed by atoms with Crippen molar-refractivity contribution in [3.63, 3.8) is 0 Å². The highest BCUT2D eigenvalue weighted by molar-refractivity contribution is 8.13. The zero-order valence-electron chi connectivity index (χ0n) is 10.8. The molecule has 9 heteroatoms. The second-order valence-electron chi connectivity index (χ2n) is 4.10. The van der Waals surface area contributed by atoms with Crippen molar-refractivity contribution in [2.75, 3.05) is 6.61 Å². The fraction of sp³-hybridized carbons (Fsp3) is 0.333. The highest BCUT2D eigenvalue weighted by Gasteiger charge is 2.19. The van der Waals surface area contributed by atoms with Gasteiger partial charge in [-0.05, 0) is 31.0 Å². The number of ether oxygens (including phenoxy) is 1. The summed E-state index contributed by atoms with van der Waals surface area (Å²) >= 11 is 0. The first kappa shape index (κ1) is 17.3. The van der Waals surface area contributed by atoms with Gasteiger partial charge in [-0.1, -0.05) is 0 Å². The number of carboxylic acid groups (broad SMARTS) is 2. The molecule has 0 saturated carbocycles. The summed E-state index contributed by atoms with van der Waals surface area (Å²) in [4.78, 5) is 20.7. The number of carboxylic acids is 2. The predicted octanol–water partition coefficient (Wildman–Crippen LogP) is 1.95. The van der Waals surface area contributed by atoms with Crippen LogP contribution in [0.25, 0.3) is 0 Å². The summed E-state index contributed by atoms with van der Waals surface area (Å²) in [6.07, 6.45) is 0.780. The first-order chi connectivity index (χ1) is 9.71. The molecule has 0 aliphatic heterocycles. The molecular weight excluding hydrogens is 324 g/mol. The molecule has 0 aromatic heterocycles. The lowest BCUT2D eigenvalue weighted by Gasteiger charge is -2.10. The Kier molecular flexibility index (Phi) is 5.98. The number of aromatic carboxylic acids is 1. The van der Waals surface area contributed by atoms with Crippen LogP contribution in [0.3, 0.4) is 0 Å². The van der Waals surface area contributed by atoms with Gasteiger partial charge in [0.1, 0.15) is 10.6 Å². The largest absolute Gasteiger partial charge is 0.492 e. The smallest absolute Gasteiger partial charge is 0.335 e. The van der Waals surface area contributed by atoms with E-state index in [1.807, 2.05) is 0 Å². The minimum atomic E-state index is -4.16. The molecule has 1 aromatic rings. The third-order valence-corrected chi connectivity index (χ3v) is 3.84. The predicted molar refractivity (Wildman–Crippen MR) is 73.4 cm³/mol. The van der Waals surface area contributed by atoms with Gasteiger partial charge in [0.05, 0.1) is 12.2 Å². The van der Waals surface area contributed by atoms with Crippen molar-refractivity contribution >= 4 is 31.7 Å². The van der Waals surface area contributed by atoms with E-state index in [0.29, 0.717) is 12.8 Å². The van der Waals surface area contributed by atoms with Gasteiger partial charge >= 0.3 is 11.9 Å². The van der Waals surface area contributed by atoms with Crippen LogP contribution >= 0.6 is 10.7 Å². The summed E-state index contributed by atoms with van der Waals surface area (Å²) in [5, 5.41) is 17.3. The molecule has 7 nitrogen and oxygen atoms in total. The van der Waals surface area contributed by atoms with Crippen molar-refractivity contribution < 1.29 is 33.0 Å². The second-order valence-corrected chi connectivity index (χ2v) is 6.64. The highest BCUT2D eigenvalue weighted by atomic mass is 35.7. The number of halogens is 1. The summed E-state index contributed by atoms with van der Waals surface area (Å²) < 4.78 is 28.1. The Morgan fingerprint density at radius 1 is 1.19 bits per heavy atom. The van der Waals surface area contributed by atoms with Crippen molar-refractivity contribution in [1.29, 1.82) is 0 Å². The molecule has 0 aliphatic carbocycles. The minimum absolute atomic E-state index is 0.0119. The van der Waals surface area contributed by atoms with E-state index in [-0.39, 0.29) is 24.3 Å². The summed E-state index contributed by atoms with van der Waals surface area (Å²) in [5.41, 5.74) is -0.229. The van der Waals surface area contributed by atoms with Gasteiger partial charge in [-0.3, -0.25) is 4.79 Å². The van der Waals surface area contributed by atoms with Gasteiger partial charge < -0.3 is 14.9 Å². The number of hydrogen-bond acceptors (Lipinski definition) is 5. The van der Waals surface area contributed by atoms with Crippen LogP contribution in [0.5, 0.6) is 5.75 Å². The number of aliphatic carboxylic acids is 1. The summed E-state index contributed by atoms with van der Waals surface area (Å²) in [7, 11) is 1.09. The quantitative estimate of drug-likeness (QED) is 0.550. The molecule has 0 unspecified atom stereocenters. The molecule has 0 atom stereocenters. The number of rotatable bonds is 8. The molecular formula is C12H13ClO7S. The van der Waals surface area contributed by atoms with Crippen LogP contribution in [-0.4, -0.2) is 37.2 Å². The maximum atomic E-state index is 11.4. The lowest BCUT2D eigenvalue weighted by Crippen LogP contribution is -2.05. The fourth-order valence-electron chi connectivity index (χ4n) is 1.51. The molecule has 0 heterocycles. The Morgan fingerprint density at radius 2 is 1.86 bits per heavy atom. The van der Waals surface area contributed by atoms with E-state index >= 15 is 0 Å². The molecule has 1 aromatic carbocycles. The van der Waals surface area contributed by atoms with E-state index in [4.69, 9.17) is 25.6 Å². The zero-order valence-corrected chi connectivity index (χ0v) is 12.4. The van der Waals surface area contributed by atoms with E-state index < -0.39 is 25.9 Å². The molecule has 0 amide bonds. The van der Waals surface area contributed by atoms with Crippen LogP contribution in [0, 0.1) is 0 Å². The molecule has 2 N–H and O–H groups in total. The lowest BCUT2D eigenvalue weighted by atomic mass is 10.2. The van der Waals surface area contributed by atoms with E-state index in [2.05, 4.69) is 0 Å². The van der Waals surface area contributed by atoms with E-state index in [0.717, 1.165) is 6.07 Å². The highest BCUT2D eigenvalue weighted by Crippen LogP contribution is 2.28. The maximum absolute atomic E-state index is 11.4. The average Bonchev–Trinajstić information content (AvgIpc) is 2.36. The van der Waals surface area contributed by atoms with E-state index in [1.165, 1.54) is 12.1 Å². The maximum Gasteiger partial charge on any atom is 0.335 e. The van der Waals surface area contributed by atoms with Gasteiger partial charge in [0.2, 0.25) is 0 Å². The SMILES string of the molecule is O=C(O)CCCCOc1ccc(C(=O)O)cc1S(=O)(=O)Cl. The fourth-order valence-corrected chi connectivity index (χ4v) is 2.51. The Bertz CT molecular complexity index is 639. The molecule has 0 fully saturated rings. The van der Waals surface area contributed by atoms with Gasteiger partial charge in [0.25, 0.3) is 9.05 Å². The monoisotopic (exact) mass is 336 g/mol. The van der Waals surface area contributed by atoms with E-state index in [9.17, 15) is 18.0 Å². The molecule has 0 aliphatic rings. The molecule has 1 rings (SSSR count). The van der Waals surface area contributed by atoms with Gasteiger partial charge in [-0.25, -0.2) is 13.2 Å². The number of unbranched alkanes of at least 4 members (excludes halogenated alkanes) is 1. The average molecular weight is 337 g/mol. The molecule has 0 bridgehead atoms. The first-order valence-electron chi connectivity index (χ1n) is 5.88. The molecule has 0 saturated heterocycles. The van der Waals surface area contributed by atoms with Gasteiger partial charge in [-0.15, -0.1) is 0 Å². The van der Waals surface area contributed by atoms with E-state index in [1.54, 1.807) is 0 Å². The topological polar surface area (TPSA) is 118 Å². The number of benzene rings is 1. The summed E-state index contributed by atoms with van der Waals surface area (Å²) in [6.45, 7) is 0.0963. The molecule has 21 heavy (non-hydrogen) atoms. The van der Waals surface area contributed by atoms with Crippen molar-refractivity contribution in [3.8, 4) is 5.75 Å². The summed E-state index contributed by atoms with van der Waals surface area (Å²) in [5.74, 6) is -2.28. The Morgan fingerprint density at radius 3 is 2.38 bits per heavy atom.